The molecule has 0 radical (unpaired) electrons. The lowest BCUT2D eigenvalue weighted by molar-refractivity contribution is 0.0695. The Balaban J connectivity index is 2.88. The van der Waals surface area contributed by atoms with Crippen molar-refractivity contribution in [2.45, 2.75) is 6.42 Å². The molecule has 88 valence electrons. The Morgan fingerprint density at radius 1 is 1.41 bits per heavy atom. The first-order chi connectivity index (χ1) is 8.00. The minimum atomic E-state index is -2.34. The van der Waals surface area contributed by atoms with Crippen LogP contribution in [-0.4, -0.2) is 29.3 Å². The number of aromatic carboxylic acids is 1. The molecule has 1 aliphatic rings. The molecule has 17 heavy (non-hydrogen) atoms. The molecule has 1 aromatic heterocycles. The van der Waals surface area contributed by atoms with Crippen LogP contribution < -0.4 is 16.0 Å². The molecule has 2 rings (SSSR count). The first-order valence-electron chi connectivity index (χ1n) is 4.62. The highest BCUT2D eigenvalue weighted by molar-refractivity contribution is 7.73. The number of hydrogen-bond acceptors (Lipinski definition) is 4. The van der Waals surface area contributed by atoms with Crippen molar-refractivity contribution >= 4 is 33.3 Å². The monoisotopic (exact) mass is 253 g/mol. The van der Waals surface area contributed by atoms with E-state index in [2.05, 4.69) is 4.98 Å². The number of pyridine rings is 1. The molecule has 0 bridgehead atoms. The lowest BCUT2D eigenvalue weighted by Gasteiger charge is -2.01. The van der Waals surface area contributed by atoms with Gasteiger partial charge in [0.1, 0.15) is 5.56 Å². The third-order valence-electron chi connectivity index (χ3n) is 2.41. The number of carbonyl (C=O) groups is 1. The molecule has 0 aliphatic heterocycles. The van der Waals surface area contributed by atoms with Crippen LogP contribution in [-0.2, 0) is 10.3 Å². The number of H-pyrrole nitrogens is 1. The summed E-state index contributed by atoms with van der Waals surface area (Å²) in [6.07, 6.45) is 3.89. The second kappa shape index (κ2) is 4.02. The lowest BCUT2D eigenvalue weighted by atomic mass is 10.1. The topological polar surface area (TPSA) is 104 Å². The summed E-state index contributed by atoms with van der Waals surface area (Å²) in [6, 6.07) is 0. The normalized spacial score (nSPS) is 13.3. The second-order valence-electron chi connectivity index (χ2n) is 3.42. The van der Waals surface area contributed by atoms with Crippen molar-refractivity contribution in [2.75, 3.05) is 0 Å². The fourth-order valence-electron chi connectivity index (χ4n) is 1.58. The smallest absolute Gasteiger partial charge is 0.341 e. The van der Waals surface area contributed by atoms with E-state index in [0.29, 0.717) is 5.35 Å². The maximum absolute atomic E-state index is 11.7. The van der Waals surface area contributed by atoms with Crippen LogP contribution in [0.25, 0.3) is 12.2 Å². The fraction of sp³-hybridized carbons (Fsp3) is 0.100. The Morgan fingerprint density at radius 2 is 2.12 bits per heavy atom. The molecule has 0 spiro atoms. The van der Waals surface area contributed by atoms with Gasteiger partial charge in [0.25, 0.3) is 0 Å². The predicted octanol–water partition coefficient (Wildman–Crippen LogP) is -1.91. The van der Waals surface area contributed by atoms with E-state index in [0.717, 1.165) is 6.20 Å². The SMILES string of the molecule is O=C(O)c1c[nH]c2c(c1=O)=CCC(=S(=O)=O)C=2. The van der Waals surface area contributed by atoms with E-state index < -0.39 is 21.7 Å². The van der Waals surface area contributed by atoms with Gasteiger partial charge in [-0.05, 0) is 6.08 Å². The summed E-state index contributed by atoms with van der Waals surface area (Å²) in [5.74, 6) is -1.32. The highest BCUT2D eigenvalue weighted by Gasteiger charge is 2.11. The lowest BCUT2D eigenvalue weighted by Crippen LogP contribution is -2.45. The summed E-state index contributed by atoms with van der Waals surface area (Å²) < 4.78 is 21.5. The number of hydrogen-bond donors (Lipinski definition) is 2. The largest absolute Gasteiger partial charge is 0.477 e. The average molecular weight is 253 g/mol. The van der Waals surface area contributed by atoms with Crippen LogP contribution in [0.15, 0.2) is 11.0 Å². The van der Waals surface area contributed by atoms with Crippen LogP contribution >= 0.6 is 0 Å². The van der Waals surface area contributed by atoms with E-state index in [1.165, 1.54) is 12.2 Å². The highest BCUT2D eigenvalue weighted by Crippen LogP contribution is 1.91. The number of aromatic nitrogens is 1. The maximum Gasteiger partial charge on any atom is 0.341 e. The van der Waals surface area contributed by atoms with Crippen LogP contribution in [0.1, 0.15) is 16.8 Å². The van der Waals surface area contributed by atoms with Crippen molar-refractivity contribution in [3.8, 4) is 0 Å². The van der Waals surface area contributed by atoms with E-state index in [9.17, 15) is 18.0 Å². The first kappa shape index (κ1) is 11.3. The Labute approximate surface area is 96.1 Å². The zero-order valence-electron chi connectivity index (χ0n) is 8.43. The van der Waals surface area contributed by atoms with Crippen molar-refractivity contribution in [3.05, 3.63) is 32.6 Å². The van der Waals surface area contributed by atoms with E-state index in [-0.39, 0.29) is 22.1 Å². The molecular weight excluding hydrogens is 246 g/mol. The van der Waals surface area contributed by atoms with Gasteiger partial charge in [-0.15, -0.1) is 0 Å². The summed E-state index contributed by atoms with van der Waals surface area (Å²) in [7, 11) is -2.34. The molecule has 2 N–H and O–H groups in total. The first-order valence-corrected chi connectivity index (χ1v) is 5.70. The average Bonchev–Trinajstić information content (AvgIpc) is 2.28. The molecule has 0 saturated carbocycles. The molecule has 7 heteroatoms. The zero-order chi connectivity index (χ0) is 12.6. The van der Waals surface area contributed by atoms with Crippen molar-refractivity contribution in [3.63, 3.8) is 0 Å². The van der Waals surface area contributed by atoms with Crippen LogP contribution in [0.5, 0.6) is 0 Å². The number of carboxylic acid groups (broad SMARTS) is 1. The molecule has 6 nitrogen and oxygen atoms in total. The van der Waals surface area contributed by atoms with E-state index in [1.807, 2.05) is 0 Å². The number of fused-ring (bicyclic) bond motifs is 1. The van der Waals surface area contributed by atoms with E-state index >= 15 is 0 Å². The van der Waals surface area contributed by atoms with E-state index in [1.54, 1.807) is 0 Å². The van der Waals surface area contributed by atoms with Gasteiger partial charge >= 0.3 is 5.97 Å². The molecule has 1 aliphatic carbocycles. The molecule has 1 aromatic rings. The zero-order valence-corrected chi connectivity index (χ0v) is 9.24. The Morgan fingerprint density at radius 3 is 2.71 bits per heavy atom. The fourth-order valence-corrected chi connectivity index (χ4v) is 2.01. The van der Waals surface area contributed by atoms with Gasteiger partial charge in [-0.3, -0.25) is 4.79 Å². The van der Waals surface area contributed by atoms with Crippen molar-refractivity contribution in [2.24, 2.45) is 0 Å². The van der Waals surface area contributed by atoms with Gasteiger partial charge in [-0.25, -0.2) is 4.79 Å². The molecule has 1 heterocycles. The quantitative estimate of drug-likeness (QED) is 0.568. The summed E-state index contributed by atoms with van der Waals surface area (Å²) in [4.78, 5) is 25.2. The van der Waals surface area contributed by atoms with Gasteiger partial charge in [-0.1, -0.05) is 6.08 Å². The molecular formula is C10H7NO5S. The van der Waals surface area contributed by atoms with Gasteiger partial charge in [0.2, 0.25) is 15.7 Å². The Hall–Kier alpha value is -2.15. The van der Waals surface area contributed by atoms with E-state index in [4.69, 9.17) is 5.11 Å². The minimum Gasteiger partial charge on any atom is -0.477 e. The molecule has 0 atom stereocenters. The third kappa shape index (κ3) is 1.92. The summed E-state index contributed by atoms with van der Waals surface area (Å²) in [5, 5.41) is 9.26. The second-order valence-corrected chi connectivity index (χ2v) is 4.41. The number of nitrogens with one attached hydrogen (secondary N) is 1. The number of rotatable bonds is 1. The number of carboxylic acids is 1. The van der Waals surface area contributed by atoms with Crippen LogP contribution in [0.2, 0.25) is 0 Å². The highest BCUT2D eigenvalue weighted by atomic mass is 32.2. The minimum absolute atomic E-state index is 0.0925. The summed E-state index contributed by atoms with van der Waals surface area (Å²) in [5.41, 5.74) is -0.974. The third-order valence-corrected chi connectivity index (χ3v) is 3.12. The predicted molar refractivity (Wildman–Crippen MR) is 60.7 cm³/mol. The van der Waals surface area contributed by atoms with Gasteiger partial charge < -0.3 is 10.1 Å². The van der Waals surface area contributed by atoms with Gasteiger partial charge in [0, 0.05) is 17.8 Å². The molecule has 0 saturated heterocycles. The maximum atomic E-state index is 11.7. The number of aromatic amines is 1. The van der Waals surface area contributed by atoms with Gasteiger partial charge in [0.15, 0.2) is 0 Å². The summed E-state index contributed by atoms with van der Waals surface area (Å²) >= 11 is 0. The molecule has 0 amide bonds. The standard InChI is InChI=1S/C10H7NO5S/c12-9-6-2-1-5(17(15)16)3-8(6)11-4-7(9)10(13)14/h2-4,11H,1H2,(H,13,14). The van der Waals surface area contributed by atoms with Crippen molar-refractivity contribution < 1.29 is 18.3 Å². The summed E-state index contributed by atoms with van der Waals surface area (Å²) in [6.45, 7) is 0. The van der Waals surface area contributed by atoms with Crippen molar-refractivity contribution in [1.82, 2.24) is 4.98 Å². The Kier molecular flexibility index (Phi) is 2.68. The van der Waals surface area contributed by atoms with Crippen LogP contribution in [0.4, 0.5) is 0 Å². The Bertz CT molecular complexity index is 805. The van der Waals surface area contributed by atoms with Gasteiger partial charge in [0.05, 0.1) is 10.2 Å². The molecule has 0 aromatic carbocycles. The molecule has 0 unspecified atom stereocenters. The molecule has 0 fully saturated rings. The van der Waals surface area contributed by atoms with Gasteiger partial charge in [-0.2, -0.15) is 8.42 Å². The van der Waals surface area contributed by atoms with Crippen LogP contribution in [0, 0.1) is 0 Å². The van der Waals surface area contributed by atoms with Crippen LogP contribution in [0.3, 0.4) is 0 Å². The van der Waals surface area contributed by atoms with Crippen molar-refractivity contribution in [1.29, 1.82) is 0 Å².